The molecule has 0 aliphatic carbocycles. The van der Waals surface area contributed by atoms with Gasteiger partial charge >= 0.3 is 0 Å². The van der Waals surface area contributed by atoms with Gasteiger partial charge in [0, 0.05) is 32.4 Å². The molecule has 0 radical (unpaired) electrons. The lowest BCUT2D eigenvalue weighted by atomic mass is 10.1. The molecule has 0 saturated heterocycles. The number of ether oxygens (including phenoxy) is 3. The van der Waals surface area contributed by atoms with Crippen molar-refractivity contribution in [2.45, 2.75) is 6.42 Å². The summed E-state index contributed by atoms with van der Waals surface area (Å²) in [4.78, 5) is 27.1. The molecule has 1 heterocycles. The van der Waals surface area contributed by atoms with Gasteiger partial charge in [0.25, 0.3) is 5.91 Å². The predicted octanol–water partition coefficient (Wildman–Crippen LogP) is 1.12. The van der Waals surface area contributed by atoms with Crippen LogP contribution in [0.1, 0.15) is 16.8 Å². The van der Waals surface area contributed by atoms with Crippen molar-refractivity contribution < 1.29 is 23.8 Å². The Labute approximate surface area is 187 Å². The maximum Gasteiger partial charge on any atom is 0.258 e. The van der Waals surface area contributed by atoms with Crippen molar-refractivity contribution in [2.75, 3.05) is 69.7 Å². The second kappa shape index (κ2) is 13.2. The molecular formula is C21H30N6O5. The number of hydrogen-bond acceptors (Lipinski definition) is 9. The molecule has 0 saturated carbocycles. The number of methoxy groups -OCH3 is 1. The lowest BCUT2D eigenvalue weighted by Crippen LogP contribution is -2.21. The van der Waals surface area contributed by atoms with Crippen molar-refractivity contribution in [1.29, 1.82) is 0 Å². The first-order valence-electron chi connectivity index (χ1n) is 10.1. The molecule has 11 nitrogen and oxygen atoms in total. The molecule has 32 heavy (non-hydrogen) atoms. The van der Waals surface area contributed by atoms with Gasteiger partial charge in [0.2, 0.25) is 11.8 Å². The minimum atomic E-state index is -0.432. The fraction of sp³-hybridized carbons (Fsp3) is 0.429. The first-order chi connectivity index (χ1) is 15.4. The fourth-order valence-electron chi connectivity index (χ4n) is 2.57. The van der Waals surface area contributed by atoms with E-state index in [1.807, 2.05) is 19.0 Å². The highest BCUT2D eigenvalue weighted by molar-refractivity contribution is 6.10. The summed E-state index contributed by atoms with van der Waals surface area (Å²) in [6.45, 7) is 1.95. The quantitative estimate of drug-likeness (QED) is 0.386. The number of carbonyl (C=O) groups excluding carboxylic acids is 2. The highest BCUT2D eigenvalue weighted by Gasteiger charge is 2.16. The Morgan fingerprint density at radius 2 is 1.75 bits per heavy atom. The zero-order chi connectivity index (χ0) is 23.3. The second-order valence-corrected chi connectivity index (χ2v) is 6.85. The molecule has 0 atom stereocenters. The summed E-state index contributed by atoms with van der Waals surface area (Å²) in [5.41, 5.74) is 6.84. The molecule has 11 heteroatoms. The summed E-state index contributed by atoms with van der Waals surface area (Å²) in [6, 6.07) is 8.32. The molecule has 0 unspecified atom stereocenters. The Bertz CT molecular complexity index is 875. The van der Waals surface area contributed by atoms with E-state index in [-0.39, 0.29) is 30.3 Å². The van der Waals surface area contributed by atoms with Crippen LogP contribution in [0.2, 0.25) is 0 Å². The molecule has 1 aromatic heterocycles. The Hall–Kier alpha value is -3.28. The lowest BCUT2D eigenvalue weighted by molar-refractivity contribution is -0.117. The molecule has 0 fully saturated rings. The fourth-order valence-corrected chi connectivity index (χ4v) is 2.57. The van der Waals surface area contributed by atoms with Gasteiger partial charge in [-0.15, -0.1) is 10.2 Å². The second-order valence-electron chi connectivity index (χ2n) is 6.85. The van der Waals surface area contributed by atoms with E-state index in [0.717, 1.165) is 5.69 Å². The number of nitrogens with two attached hydrogens (primary N) is 1. The Kier molecular flexibility index (Phi) is 10.3. The topological polar surface area (TPSA) is 141 Å². The van der Waals surface area contributed by atoms with Gasteiger partial charge < -0.3 is 35.5 Å². The summed E-state index contributed by atoms with van der Waals surface area (Å²) in [5.74, 6) is -0.116. The van der Waals surface area contributed by atoms with Gasteiger partial charge in [-0.25, -0.2) is 0 Å². The van der Waals surface area contributed by atoms with Crippen LogP contribution < -0.4 is 26.0 Å². The van der Waals surface area contributed by atoms with Gasteiger partial charge in [0.15, 0.2) is 5.82 Å². The maximum atomic E-state index is 12.8. The van der Waals surface area contributed by atoms with E-state index < -0.39 is 5.91 Å². The number of nitrogens with one attached hydrogen (secondary N) is 2. The van der Waals surface area contributed by atoms with Crippen LogP contribution in [0.15, 0.2) is 30.3 Å². The van der Waals surface area contributed by atoms with Crippen LogP contribution in [0.3, 0.4) is 0 Å². The number of amides is 2. The highest BCUT2D eigenvalue weighted by atomic mass is 16.5. The zero-order valence-electron chi connectivity index (χ0n) is 18.6. The SMILES string of the molecule is COc1ccc(NC(=O)c2ccc(N(C)C)cc2NC(=O)CCOCCOCCN)nn1. The number of carbonyl (C=O) groups is 2. The number of anilines is 3. The molecule has 2 rings (SSSR count). The van der Waals surface area contributed by atoms with Crippen molar-refractivity contribution >= 4 is 29.0 Å². The van der Waals surface area contributed by atoms with E-state index >= 15 is 0 Å². The van der Waals surface area contributed by atoms with Crippen molar-refractivity contribution in [3.8, 4) is 5.88 Å². The van der Waals surface area contributed by atoms with Gasteiger partial charge in [-0.2, -0.15) is 0 Å². The minimum Gasteiger partial charge on any atom is -0.480 e. The first-order valence-corrected chi connectivity index (χ1v) is 10.1. The van der Waals surface area contributed by atoms with Crippen LogP contribution in [-0.4, -0.2) is 76.2 Å². The van der Waals surface area contributed by atoms with Crippen molar-refractivity contribution in [3.63, 3.8) is 0 Å². The summed E-state index contributed by atoms with van der Waals surface area (Å²) >= 11 is 0. The van der Waals surface area contributed by atoms with E-state index in [4.69, 9.17) is 19.9 Å². The van der Waals surface area contributed by atoms with Gasteiger partial charge in [-0.3, -0.25) is 9.59 Å². The van der Waals surface area contributed by atoms with Gasteiger partial charge in [-0.1, -0.05) is 0 Å². The van der Waals surface area contributed by atoms with Crippen LogP contribution in [0.5, 0.6) is 5.88 Å². The third-order valence-electron chi connectivity index (χ3n) is 4.24. The molecule has 0 spiro atoms. The van der Waals surface area contributed by atoms with Crippen LogP contribution in [0.4, 0.5) is 17.2 Å². The molecular weight excluding hydrogens is 416 g/mol. The monoisotopic (exact) mass is 446 g/mol. The number of nitrogens with zero attached hydrogens (tertiary/aromatic N) is 3. The van der Waals surface area contributed by atoms with Crippen molar-refractivity contribution in [1.82, 2.24) is 10.2 Å². The highest BCUT2D eigenvalue weighted by Crippen LogP contribution is 2.24. The van der Waals surface area contributed by atoms with Crippen LogP contribution in [0.25, 0.3) is 0 Å². The molecule has 174 valence electrons. The van der Waals surface area contributed by atoms with Crippen molar-refractivity contribution in [2.24, 2.45) is 5.73 Å². The van der Waals surface area contributed by atoms with Gasteiger partial charge in [0.05, 0.1) is 51.2 Å². The Morgan fingerprint density at radius 3 is 2.38 bits per heavy atom. The average Bonchev–Trinajstić information content (AvgIpc) is 2.78. The molecule has 0 aliphatic rings. The predicted molar refractivity (Wildman–Crippen MR) is 121 cm³/mol. The molecule has 2 aromatic rings. The Balaban J connectivity index is 2.01. The standard InChI is InChI=1S/C21H30N6O5/c1-27(2)15-4-5-16(21(29)24-18-6-7-20(30-3)26-25-18)17(14-15)23-19(28)8-10-31-12-13-32-11-9-22/h4-7,14H,8-13,22H2,1-3H3,(H,23,28)(H,24,25,29). The molecule has 0 aliphatic heterocycles. The van der Waals surface area contributed by atoms with Crippen LogP contribution in [-0.2, 0) is 14.3 Å². The molecule has 4 N–H and O–H groups in total. The van der Waals surface area contributed by atoms with Gasteiger partial charge in [0.1, 0.15) is 0 Å². The number of benzene rings is 1. The lowest BCUT2D eigenvalue weighted by Gasteiger charge is -2.17. The third kappa shape index (κ3) is 8.10. The maximum absolute atomic E-state index is 12.8. The number of hydrogen-bond donors (Lipinski definition) is 3. The molecule has 0 bridgehead atoms. The van der Waals surface area contributed by atoms with E-state index in [1.165, 1.54) is 7.11 Å². The van der Waals surface area contributed by atoms with E-state index in [1.54, 1.807) is 30.3 Å². The molecule has 2 amide bonds. The van der Waals surface area contributed by atoms with E-state index in [0.29, 0.717) is 37.9 Å². The summed E-state index contributed by atoms with van der Waals surface area (Å²) < 4.78 is 15.6. The minimum absolute atomic E-state index is 0.133. The third-order valence-corrected chi connectivity index (χ3v) is 4.24. The van der Waals surface area contributed by atoms with Crippen LogP contribution >= 0.6 is 0 Å². The summed E-state index contributed by atoms with van der Waals surface area (Å²) in [6.07, 6.45) is 0.133. The van der Waals surface area contributed by atoms with Crippen molar-refractivity contribution in [3.05, 3.63) is 35.9 Å². The van der Waals surface area contributed by atoms with Gasteiger partial charge in [-0.05, 0) is 24.3 Å². The number of rotatable bonds is 13. The van der Waals surface area contributed by atoms with E-state index in [2.05, 4.69) is 20.8 Å². The summed E-state index contributed by atoms with van der Waals surface area (Å²) in [5, 5.41) is 13.2. The first kappa shape index (κ1) is 25.0. The largest absolute Gasteiger partial charge is 0.480 e. The normalized spacial score (nSPS) is 10.5. The Morgan fingerprint density at radius 1 is 1.00 bits per heavy atom. The smallest absolute Gasteiger partial charge is 0.258 e. The molecule has 1 aromatic carbocycles. The van der Waals surface area contributed by atoms with E-state index in [9.17, 15) is 9.59 Å². The summed E-state index contributed by atoms with van der Waals surface area (Å²) in [7, 11) is 5.21. The average molecular weight is 447 g/mol. The number of aromatic nitrogens is 2. The zero-order valence-corrected chi connectivity index (χ0v) is 18.6. The van der Waals surface area contributed by atoms with Crippen LogP contribution in [0, 0.1) is 0 Å².